The molecule has 7 nitrogen and oxygen atoms in total. The standard InChI is InChI=1S/C20H21F2N5O2/c1-29-10-7-23-20(28)15-12-24-27-9-6-18(25-19(15)27)26-8-2-3-17(26)14-11-13(21)4-5-16(14)22/h4-6,9,11-12,17H,2-3,7-8,10H2,1H3,(H,23,28)/t17-/m1/s1. The van der Waals surface area contributed by atoms with E-state index >= 15 is 0 Å². The van der Waals surface area contributed by atoms with E-state index in [-0.39, 0.29) is 11.9 Å². The Morgan fingerprint density at radius 1 is 1.34 bits per heavy atom. The van der Waals surface area contributed by atoms with Crippen LogP contribution in [0, 0.1) is 11.6 Å². The molecule has 4 rings (SSSR count). The molecule has 1 fully saturated rings. The molecule has 0 spiro atoms. The fourth-order valence-electron chi connectivity index (χ4n) is 3.68. The minimum absolute atomic E-state index is 0.296. The summed E-state index contributed by atoms with van der Waals surface area (Å²) in [6.07, 6.45) is 4.69. The fourth-order valence-corrected chi connectivity index (χ4v) is 3.68. The number of hydrogen-bond acceptors (Lipinski definition) is 5. The predicted octanol–water partition coefficient (Wildman–Crippen LogP) is 2.73. The van der Waals surface area contributed by atoms with Gasteiger partial charge in [-0.2, -0.15) is 5.10 Å². The lowest BCUT2D eigenvalue weighted by atomic mass is 10.0. The number of carbonyl (C=O) groups is 1. The third kappa shape index (κ3) is 3.77. The van der Waals surface area contributed by atoms with E-state index in [1.807, 2.05) is 4.90 Å². The maximum Gasteiger partial charge on any atom is 0.256 e. The largest absolute Gasteiger partial charge is 0.383 e. The molecular formula is C20H21F2N5O2. The van der Waals surface area contributed by atoms with Crippen molar-refractivity contribution >= 4 is 17.4 Å². The molecule has 3 heterocycles. The normalized spacial score (nSPS) is 16.5. The van der Waals surface area contributed by atoms with E-state index in [0.29, 0.717) is 48.7 Å². The second kappa shape index (κ2) is 8.12. The average molecular weight is 401 g/mol. The van der Waals surface area contributed by atoms with E-state index in [2.05, 4.69) is 15.4 Å². The van der Waals surface area contributed by atoms with Crippen molar-refractivity contribution in [2.75, 3.05) is 31.7 Å². The zero-order valence-corrected chi connectivity index (χ0v) is 15.9. The van der Waals surface area contributed by atoms with Gasteiger partial charge in [0.15, 0.2) is 5.65 Å². The first-order chi connectivity index (χ1) is 14.1. The predicted molar refractivity (Wildman–Crippen MR) is 103 cm³/mol. The van der Waals surface area contributed by atoms with Crippen LogP contribution in [0.3, 0.4) is 0 Å². The Kier molecular flexibility index (Phi) is 5.39. The van der Waals surface area contributed by atoms with Crippen molar-refractivity contribution in [2.24, 2.45) is 0 Å². The van der Waals surface area contributed by atoms with Gasteiger partial charge in [-0.1, -0.05) is 0 Å². The molecule has 152 valence electrons. The molecule has 1 amide bonds. The van der Waals surface area contributed by atoms with Gasteiger partial charge in [0.1, 0.15) is 23.0 Å². The van der Waals surface area contributed by atoms with Crippen LogP contribution in [0.25, 0.3) is 5.65 Å². The highest BCUT2D eigenvalue weighted by Gasteiger charge is 2.30. The summed E-state index contributed by atoms with van der Waals surface area (Å²) in [5.74, 6) is -0.611. The van der Waals surface area contributed by atoms with Crippen LogP contribution in [0.5, 0.6) is 0 Å². The zero-order chi connectivity index (χ0) is 20.4. The Morgan fingerprint density at radius 3 is 3.03 bits per heavy atom. The number of ether oxygens (including phenoxy) is 1. The van der Waals surface area contributed by atoms with Crippen molar-refractivity contribution in [3.63, 3.8) is 0 Å². The SMILES string of the molecule is COCCNC(=O)c1cnn2ccc(N3CCC[C@@H]3c3cc(F)ccc3F)nc12. The number of halogens is 2. The molecule has 3 aromatic rings. The average Bonchev–Trinajstić information content (AvgIpc) is 3.36. The molecule has 29 heavy (non-hydrogen) atoms. The van der Waals surface area contributed by atoms with Crippen LogP contribution in [0.1, 0.15) is 34.8 Å². The number of nitrogens with one attached hydrogen (secondary N) is 1. The molecule has 1 N–H and O–H groups in total. The number of fused-ring (bicyclic) bond motifs is 1. The first-order valence-corrected chi connectivity index (χ1v) is 9.41. The highest BCUT2D eigenvalue weighted by Crippen LogP contribution is 2.36. The monoisotopic (exact) mass is 401 g/mol. The topological polar surface area (TPSA) is 71.8 Å². The van der Waals surface area contributed by atoms with Crippen molar-refractivity contribution in [3.05, 3.63) is 59.4 Å². The van der Waals surface area contributed by atoms with E-state index in [9.17, 15) is 13.6 Å². The first kappa shape index (κ1) is 19.3. The fraction of sp³-hybridized carbons (Fsp3) is 0.350. The summed E-state index contributed by atoms with van der Waals surface area (Å²) in [5, 5.41) is 6.93. The minimum atomic E-state index is -0.470. The van der Waals surface area contributed by atoms with Crippen molar-refractivity contribution in [3.8, 4) is 0 Å². The van der Waals surface area contributed by atoms with Crippen molar-refractivity contribution in [2.45, 2.75) is 18.9 Å². The summed E-state index contributed by atoms with van der Waals surface area (Å²) in [7, 11) is 1.56. The van der Waals surface area contributed by atoms with Crippen LogP contribution in [0.15, 0.2) is 36.7 Å². The number of methoxy groups -OCH3 is 1. The van der Waals surface area contributed by atoms with Crippen LogP contribution >= 0.6 is 0 Å². The molecule has 0 bridgehead atoms. The molecule has 2 aromatic heterocycles. The van der Waals surface area contributed by atoms with Crippen LogP contribution in [-0.4, -0.2) is 47.3 Å². The summed E-state index contributed by atoms with van der Waals surface area (Å²) in [6.45, 7) is 1.44. The van der Waals surface area contributed by atoms with Gasteiger partial charge in [0.25, 0.3) is 5.91 Å². The van der Waals surface area contributed by atoms with Crippen LogP contribution in [0.4, 0.5) is 14.6 Å². The number of amides is 1. The quantitative estimate of drug-likeness (QED) is 0.643. The lowest BCUT2D eigenvalue weighted by Gasteiger charge is -2.26. The number of aromatic nitrogens is 3. The number of anilines is 1. The first-order valence-electron chi connectivity index (χ1n) is 9.41. The summed E-state index contributed by atoms with van der Waals surface area (Å²) in [6, 6.07) is 4.95. The van der Waals surface area contributed by atoms with E-state index in [4.69, 9.17) is 4.74 Å². The van der Waals surface area contributed by atoms with E-state index in [0.717, 1.165) is 18.6 Å². The Bertz CT molecular complexity index is 1040. The third-order valence-corrected chi connectivity index (χ3v) is 5.05. The van der Waals surface area contributed by atoms with Crippen LogP contribution < -0.4 is 10.2 Å². The smallest absolute Gasteiger partial charge is 0.256 e. The van der Waals surface area contributed by atoms with Crippen LogP contribution in [-0.2, 0) is 4.74 Å². The molecule has 0 saturated carbocycles. The number of hydrogen-bond donors (Lipinski definition) is 1. The number of benzene rings is 1. The summed E-state index contributed by atoms with van der Waals surface area (Å²) in [5.41, 5.74) is 1.06. The molecule has 1 aliphatic heterocycles. The summed E-state index contributed by atoms with van der Waals surface area (Å²) >= 11 is 0. The molecule has 1 saturated heterocycles. The van der Waals surface area contributed by atoms with E-state index < -0.39 is 11.6 Å². The second-order valence-corrected chi connectivity index (χ2v) is 6.88. The molecular weight excluding hydrogens is 380 g/mol. The van der Waals surface area contributed by atoms with Gasteiger partial charge >= 0.3 is 0 Å². The van der Waals surface area contributed by atoms with E-state index in [1.165, 1.54) is 16.8 Å². The van der Waals surface area contributed by atoms with Gasteiger partial charge in [0, 0.05) is 32.0 Å². The van der Waals surface area contributed by atoms with Gasteiger partial charge < -0.3 is 15.0 Å². The van der Waals surface area contributed by atoms with Crippen molar-refractivity contribution in [1.29, 1.82) is 0 Å². The summed E-state index contributed by atoms with van der Waals surface area (Å²) in [4.78, 5) is 19.0. The molecule has 9 heteroatoms. The lowest BCUT2D eigenvalue weighted by molar-refractivity contribution is 0.0938. The Hall–Kier alpha value is -3.07. The lowest BCUT2D eigenvalue weighted by Crippen LogP contribution is -2.27. The molecule has 1 aliphatic rings. The molecule has 1 aromatic carbocycles. The Morgan fingerprint density at radius 2 is 2.21 bits per heavy atom. The summed E-state index contributed by atoms with van der Waals surface area (Å²) < 4.78 is 34.5. The Balaban J connectivity index is 1.65. The van der Waals surface area contributed by atoms with Gasteiger partial charge in [0.05, 0.1) is 18.8 Å². The molecule has 0 aliphatic carbocycles. The second-order valence-electron chi connectivity index (χ2n) is 6.88. The third-order valence-electron chi connectivity index (χ3n) is 5.05. The molecule has 0 radical (unpaired) electrons. The van der Waals surface area contributed by atoms with Crippen molar-refractivity contribution < 1.29 is 18.3 Å². The minimum Gasteiger partial charge on any atom is -0.383 e. The number of rotatable bonds is 6. The van der Waals surface area contributed by atoms with Gasteiger partial charge in [-0.05, 0) is 37.1 Å². The highest BCUT2D eigenvalue weighted by atomic mass is 19.1. The van der Waals surface area contributed by atoms with Gasteiger partial charge in [-0.25, -0.2) is 18.3 Å². The zero-order valence-electron chi connectivity index (χ0n) is 15.9. The number of carbonyl (C=O) groups excluding carboxylic acids is 1. The van der Waals surface area contributed by atoms with Gasteiger partial charge in [-0.3, -0.25) is 4.79 Å². The maximum atomic E-state index is 14.3. The maximum absolute atomic E-state index is 14.3. The Labute approximate surface area is 166 Å². The van der Waals surface area contributed by atoms with Crippen LogP contribution in [0.2, 0.25) is 0 Å². The molecule has 0 unspecified atom stereocenters. The highest BCUT2D eigenvalue weighted by molar-refractivity contribution is 5.99. The molecule has 1 atom stereocenters. The van der Waals surface area contributed by atoms with Gasteiger partial charge in [0.2, 0.25) is 0 Å². The van der Waals surface area contributed by atoms with Gasteiger partial charge in [-0.15, -0.1) is 0 Å². The number of nitrogens with zero attached hydrogens (tertiary/aromatic N) is 4. The van der Waals surface area contributed by atoms with Crippen molar-refractivity contribution in [1.82, 2.24) is 19.9 Å². The van der Waals surface area contributed by atoms with E-state index in [1.54, 1.807) is 19.4 Å².